The van der Waals surface area contributed by atoms with Gasteiger partial charge < -0.3 is 0 Å². The van der Waals surface area contributed by atoms with Crippen molar-refractivity contribution in [2.45, 2.75) is 33.6 Å². The van der Waals surface area contributed by atoms with E-state index in [1.54, 1.807) is 0 Å². The van der Waals surface area contributed by atoms with Crippen molar-refractivity contribution in [2.24, 2.45) is 9.98 Å². The van der Waals surface area contributed by atoms with Crippen LogP contribution in [0, 0.1) is 0 Å². The van der Waals surface area contributed by atoms with Crippen molar-refractivity contribution in [3.63, 3.8) is 0 Å². The van der Waals surface area contributed by atoms with Crippen LogP contribution < -0.4 is 0 Å². The van der Waals surface area contributed by atoms with Crippen LogP contribution in [0.3, 0.4) is 0 Å². The van der Waals surface area contributed by atoms with Crippen molar-refractivity contribution in [3.8, 4) is 0 Å². The lowest BCUT2D eigenvalue weighted by Gasteiger charge is -1.96. The number of nitrogens with zero attached hydrogens (tertiary/aromatic N) is 2. The molecule has 0 atom stereocenters. The van der Waals surface area contributed by atoms with Crippen LogP contribution in [0.15, 0.2) is 21.9 Å². The average molecular weight is 152 g/mol. The van der Waals surface area contributed by atoms with Crippen LogP contribution in [0.4, 0.5) is 0 Å². The third kappa shape index (κ3) is 4.48. The molecule has 0 aliphatic heterocycles. The van der Waals surface area contributed by atoms with E-state index in [1.807, 2.05) is 19.9 Å². The summed E-state index contributed by atoms with van der Waals surface area (Å²) >= 11 is 0. The third-order valence-electron chi connectivity index (χ3n) is 1.34. The second kappa shape index (κ2) is 5.83. The van der Waals surface area contributed by atoms with E-state index >= 15 is 0 Å². The van der Waals surface area contributed by atoms with Gasteiger partial charge in [0.15, 0.2) is 0 Å². The summed E-state index contributed by atoms with van der Waals surface area (Å²) in [5.74, 6) is 0.718. The normalized spacial score (nSPS) is 13.4. The van der Waals surface area contributed by atoms with E-state index in [-0.39, 0.29) is 0 Å². The van der Waals surface area contributed by atoms with E-state index in [1.165, 1.54) is 0 Å². The molecule has 2 nitrogen and oxygen atoms in total. The van der Waals surface area contributed by atoms with Gasteiger partial charge in [-0.2, -0.15) is 0 Å². The first kappa shape index (κ1) is 10.1. The summed E-state index contributed by atoms with van der Waals surface area (Å²) in [5.41, 5.74) is 1.12. The minimum absolute atomic E-state index is 0.718. The van der Waals surface area contributed by atoms with E-state index in [2.05, 4.69) is 23.6 Å². The van der Waals surface area contributed by atoms with Crippen molar-refractivity contribution >= 4 is 12.4 Å². The van der Waals surface area contributed by atoms with Crippen LogP contribution in [-0.2, 0) is 0 Å². The third-order valence-corrected chi connectivity index (χ3v) is 1.34. The Balaban J connectivity index is 4.15. The van der Waals surface area contributed by atoms with Gasteiger partial charge >= 0.3 is 0 Å². The molecule has 0 unspecified atom stereocenters. The Morgan fingerprint density at radius 2 is 2.18 bits per heavy atom. The van der Waals surface area contributed by atoms with Gasteiger partial charge in [0.1, 0.15) is 5.82 Å². The first-order chi connectivity index (χ1) is 5.24. The molecule has 0 fully saturated rings. The SMILES string of the molecule is C=NC(=CC)N=C(C)CCC. The molecule has 0 N–H and O–H groups in total. The molecule has 0 aliphatic rings. The predicted molar refractivity (Wildman–Crippen MR) is 51.3 cm³/mol. The maximum atomic E-state index is 4.25. The Morgan fingerprint density at radius 1 is 1.55 bits per heavy atom. The van der Waals surface area contributed by atoms with Crippen molar-refractivity contribution in [1.82, 2.24) is 0 Å². The van der Waals surface area contributed by atoms with Crippen LogP contribution >= 0.6 is 0 Å². The summed E-state index contributed by atoms with van der Waals surface area (Å²) < 4.78 is 0. The highest BCUT2D eigenvalue weighted by molar-refractivity contribution is 5.82. The van der Waals surface area contributed by atoms with Crippen LogP contribution in [0.5, 0.6) is 0 Å². The lowest BCUT2D eigenvalue weighted by atomic mass is 10.2. The van der Waals surface area contributed by atoms with Gasteiger partial charge in [-0.3, -0.25) is 0 Å². The molecule has 0 amide bonds. The average Bonchev–Trinajstić information content (AvgIpc) is 2.01. The Kier molecular flexibility index (Phi) is 5.35. The van der Waals surface area contributed by atoms with Crippen molar-refractivity contribution in [2.75, 3.05) is 0 Å². The lowest BCUT2D eigenvalue weighted by molar-refractivity contribution is 0.982. The van der Waals surface area contributed by atoms with Crippen LogP contribution in [0.1, 0.15) is 33.6 Å². The van der Waals surface area contributed by atoms with Crippen LogP contribution in [0.2, 0.25) is 0 Å². The van der Waals surface area contributed by atoms with Gasteiger partial charge in [0.25, 0.3) is 0 Å². The molecular formula is C9H16N2. The lowest BCUT2D eigenvalue weighted by Crippen LogP contribution is -1.89. The Morgan fingerprint density at radius 3 is 2.55 bits per heavy atom. The summed E-state index contributed by atoms with van der Waals surface area (Å²) in [7, 11) is 0. The molecule has 0 radical (unpaired) electrons. The predicted octanol–water partition coefficient (Wildman–Crippen LogP) is 2.81. The van der Waals surface area contributed by atoms with E-state index in [9.17, 15) is 0 Å². The molecular weight excluding hydrogens is 136 g/mol. The molecule has 0 aliphatic carbocycles. The largest absolute Gasteiger partial charge is 0.245 e. The van der Waals surface area contributed by atoms with Crippen molar-refractivity contribution in [3.05, 3.63) is 11.9 Å². The summed E-state index contributed by atoms with van der Waals surface area (Å²) in [4.78, 5) is 8.00. The van der Waals surface area contributed by atoms with Gasteiger partial charge in [-0.15, -0.1) is 0 Å². The molecule has 0 aromatic carbocycles. The second-order valence-corrected chi connectivity index (χ2v) is 2.40. The number of allylic oxidation sites excluding steroid dienone is 1. The highest BCUT2D eigenvalue weighted by Gasteiger charge is 1.90. The monoisotopic (exact) mass is 152 g/mol. The number of rotatable bonds is 4. The summed E-state index contributed by atoms with van der Waals surface area (Å²) in [5, 5.41) is 0. The van der Waals surface area contributed by atoms with Crippen LogP contribution in [-0.4, -0.2) is 12.4 Å². The molecule has 62 valence electrons. The van der Waals surface area contributed by atoms with Gasteiger partial charge in [-0.25, -0.2) is 9.98 Å². The maximum absolute atomic E-state index is 4.25. The second-order valence-electron chi connectivity index (χ2n) is 2.40. The van der Waals surface area contributed by atoms with Gasteiger partial charge in [0, 0.05) is 5.71 Å². The first-order valence-electron chi connectivity index (χ1n) is 3.91. The van der Waals surface area contributed by atoms with Crippen LogP contribution in [0.25, 0.3) is 0 Å². The molecule has 11 heavy (non-hydrogen) atoms. The molecule has 0 bridgehead atoms. The topological polar surface area (TPSA) is 24.7 Å². The molecule has 0 rings (SSSR count). The van der Waals surface area contributed by atoms with E-state index < -0.39 is 0 Å². The molecule has 0 spiro atoms. The summed E-state index contributed by atoms with van der Waals surface area (Å²) in [6, 6.07) is 0. The first-order valence-corrected chi connectivity index (χ1v) is 3.91. The fraction of sp³-hybridized carbons (Fsp3) is 0.556. The Labute approximate surface area is 68.8 Å². The minimum Gasteiger partial charge on any atom is -0.245 e. The summed E-state index contributed by atoms with van der Waals surface area (Å²) in [6.07, 6.45) is 4.02. The number of aliphatic imine (C=N–C) groups is 2. The minimum atomic E-state index is 0.718. The molecule has 2 heteroatoms. The van der Waals surface area contributed by atoms with Gasteiger partial charge in [-0.1, -0.05) is 13.3 Å². The standard InChI is InChI=1S/C9H16N2/c1-5-7-8(3)11-9(6-2)10-4/h6H,4-5,7H2,1-3H3. The maximum Gasteiger partial charge on any atom is 0.146 e. The van der Waals surface area contributed by atoms with Gasteiger partial charge in [-0.05, 0) is 33.1 Å². The Bertz CT molecular complexity index is 178. The number of hydrogen-bond donors (Lipinski definition) is 0. The smallest absolute Gasteiger partial charge is 0.146 e. The summed E-state index contributed by atoms with van der Waals surface area (Å²) in [6.45, 7) is 9.48. The fourth-order valence-corrected chi connectivity index (χ4v) is 0.804. The molecule has 0 aromatic heterocycles. The molecule has 0 saturated heterocycles. The zero-order valence-electron chi connectivity index (χ0n) is 7.59. The molecule has 0 heterocycles. The fourth-order valence-electron chi connectivity index (χ4n) is 0.804. The highest BCUT2D eigenvalue weighted by atomic mass is 14.9. The van der Waals surface area contributed by atoms with Crippen molar-refractivity contribution < 1.29 is 0 Å². The molecule has 0 saturated carbocycles. The Hall–Kier alpha value is -0.920. The van der Waals surface area contributed by atoms with Crippen molar-refractivity contribution in [1.29, 1.82) is 0 Å². The van der Waals surface area contributed by atoms with Gasteiger partial charge in [0.05, 0.1) is 0 Å². The number of hydrogen-bond acceptors (Lipinski definition) is 2. The molecule has 0 aromatic rings. The van der Waals surface area contributed by atoms with E-state index in [0.29, 0.717) is 0 Å². The highest BCUT2D eigenvalue weighted by Crippen LogP contribution is 2.00. The van der Waals surface area contributed by atoms with Gasteiger partial charge in [0.2, 0.25) is 0 Å². The zero-order valence-corrected chi connectivity index (χ0v) is 7.59. The van der Waals surface area contributed by atoms with E-state index in [0.717, 1.165) is 24.4 Å². The zero-order chi connectivity index (χ0) is 8.69. The van der Waals surface area contributed by atoms with E-state index in [4.69, 9.17) is 0 Å². The quantitative estimate of drug-likeness (QED) is 0.553.